The maximum Gasteiger partial charge on any atom is 0.153 e. The van der Waals surface area contributed by atoms with E-state index in [-0.39, 0.29) is 41.5 Å². The standard InChI is InChI=1S/C21H30O4/c1-10-8-20-11(2)6-15-16(19(15,4)5)14(18(20)24)7-13(9-22)17(23)21(20,25)12(10)3/h7-8,11-12,14-17,22-23,25H,6,9H2,1-5H3/t11-,12+,14+,15-,16+,17-,20+,21-/m1/s1. The quantitative estimate of drug-likeness (QED) is 0.635. The van der Waals surface area contributed by atoms with Crippen LogP contribution in [0.2, 0.25) is 0 Å². The second-order valence-electron chi connectivity index (χ2n) is 9.59. The van der Waals surface area contributed by atoms with Crippen molar-refractivity contribution in [1.82, 2.24) is 0 Å². The highest BCUT2D eigenvalue weighted by molar-refractivity contribution is 5.95. The molecule has 4 rings (SSSR count). The zero-order valence-electron chi connectivity index (χ0n) is 15.8. The topological polar surface area (TPSA) is 77.8 Å². The first-order valence-electron chi connectivity index (χ1n) is 9.50. The molecular formula is C21H30O4. The van der Waals surface area contributed by atoms with E-state index < -0.39 is 17.1 Å². The summed E-state index contributed by atoms with van der Waals surface area (Å²) >= 11 is 0. The minimum atomic E-state index is -1.59. The second kappa shape index (κ2) is 4.85. The molecule has 2 bridgehead atoms. The summed E-state index contributed by atoms with van der Waals surface area (Å²) in [5.41, 5.74) is -1.22. The van der Waals surface area contributed by atoms with Crippen LogP contribution in [0.5, 0.6) is 0 Å². The van der Waals surface area contributed by atoms with Gasteiger partial charge in [-0.25, -0.2) is 0 Å². The number of hydrogen-bond acceptors (Lipinski definition) is 4. The molecule has 0 heterocycles. The van der Waals surface area contributed by atoms with Gasteiger partial charge in [-0.3, -0.25) is 4.79 Å². The third-order valence-corrected chi connectivity index (χ3v) is 8.43. The minimum absolute atomic E-state index is 0.0341. The van der Waals surface area contributed by atoms with Crippen LogP contribution in [0, 0.1) is 40.4 Å². The van der Waals surface area contributed by atoms with Gasteiger partial charge in [0.05, 0.1) is 12.0 Å². The molecule has 0 unspecified atom stereocenters. The lowest BCUT2D eigenvalue weighted by Gasteiger charge is -2.49. The van der Waals surface area contributed by atoms with Crippen LogP contribution in [0.1, 0.15) is 41.0 Å². The molecule has 2 fully saturated rings. The van der Waals surface area contributed by atoms with Crippen molar-refractivity contribution in [3.63, 3.8) is 0 Å². The van der Waals surface area contributed by atoms with E-state index in [1.54, 1.807) is 6.08 Å². The monoisotopic (exact) mass is 346 g/mol. The Kier molecular flexibility index (Phi) is 3.38. The third kappa shape index (κ3) is 1.72. The molecule has 0 amide bonds. The van der Waals surface area contributed by atoms with Crippen LogP contribution in [0.15, 0.2) is 23.3 Å². The molecule has 1 spiro atoms. The molecule has 2 saturated carbocycles. The first-order chi connectivity index (χ1) is 11.5. The highest BCUT2D eigenvalue weighted by Gasteiger charge is 2.74. The highest BCUT2D eigenvalue weighted by Crippen LogP contribution is 2.72. The molecule has 4 nitrogen and oxygen atoms in total. The smallest absolute Gasteiger partial charge is 0.153 e. The Morgan fingerprint density at radius 2 is 1.92 bits per heavy atom. The Labute approximate surface area is 149 Å². The van der Waals surface area contributed by atoms with Crippen molar-refractivity contribution in [1.29, 1.82) is 0 Å². The summed E-state index contributed by atoms with van der Waals surface area (Å²) in [4.78, 5) is 13.8. The molecule has 0 radical (unpaired) electrons. The first kappa shape index (κ1) is 17.4. The van der Waals surface area contributed by atoms with Gasteiger partial charge in [-0.2, -0.15) is 0 Å². The van der Waals surface area contributed by atoms with E-state index in [2.05, 4.69) is 20.8 Å². The Balaban J connectivity index is 1.99. The van der Waals surface area contributed by atoms with Gasteiger partial charge in [0, 0.05) is 11.8 Å². The molecule has 0 saturated heterocycles. The zero-order chi connectivity index (χ0) is 18.5. The van der Waals surface area contributed by atoms with Crippen molar-refractivity contribution in [2.45, 2.75) is 52.7 Å². The van der Waals surface area contributed by atoms with Gasteiger partial charge >= 0.3 is 0 Å². The van der Waals surface area contributed by atoms with Gasteiger partial charge in [-0.1, -0.05) is 45.4 Å². The molecule has 3 N–H and O–H groups in total. The fraction of sp³-hybridized carbons (Fsp3) is 0.762. The Hall–Kier alpha value is -0.970. The lowest BCUT2D eigenvalue weighted by molar-refractivity contribution is -0.175. The van der Waals surface area contributed by atoms with Crippen LogP contribution in [-0.4, -0.2) is 39.4 Å². The first-order valence-corrected chi connectivity index (χ1v) is 9.50. The number of fused-ring (bicyclic) bond motifs is 3. The van der Waals surface area contributed by atoms with Gasteiger partial charge in [-0.05, 0) is 42.1 Å². The van der Waals surface area contributed by atoms with Crippen molar-refractivity contribution < 1.29 is 20.1 Å². The second-order valence-corrected chi connectivity index (χ2v) is 9.59. The number of carbonyl (C=O) groups excluding carboxylic acids is 1. The Bertz CT molecular complexity index is 705. The van der Waals surface area contributed by atoms with Crippen molar-refractivity contribution in [2.24, 2.45) is 40.4 Å². The zero-order valence-corrected chi connectivity index (χ0v) is 15.8. The van der Waals surface area contributed by atoms with E-state index in [1.807, 2.05) is 19.9 Å². The number of Topliss-reactive ketones (excluding diaryl/α,β-unsaturated/α-hetero) is 1. The number of hydrogen-bond donors (Lipinski definition) is 3. The summed E-state index contributed by atoms with van der Waals surface area (Å²) in [5.74, 6) is -0.0223. The SMILES string of the molecule is CC1=C[C@]23C(=O)[C@@H](C=C(CO)[C@@H](O)[C@]2(O)[C@H]1C)[C@H]1[C@@H](C[C@H]3C)C1(C)C. The molecule has 4 heteroatoms. The van der Waals surface area contributed by atoms with E-state index in [0.717, 1.165) is 12.0 Å². The number of carbonyl (C=O) groups is 1. The molecule has 4 aliphatic carbocycles. The van der Waals surface area contributed by atoms with Crippen LogP contribution < -0.4 is 0 Å². The normalized spacial score (nSPS) is 53.2. The maximum absolute atomic E-state index is 13.8. The lowest BCUT2D eigenvalue weighted by atomic mass is 9.57. The van der Waals surface area contributed by atoms with Crippen LogP contribution in [0.4, 0.5) is 0 Å². The van der Waals surface area contributed by atoms with Crippen molar-refractivity contribution in [3.8, 4) is 0 Å². The lowest BCUT2D eigenvalue weighted by Crippen LogP contribution is -2.62. The summed E-state index contributed by atoms with van der Waals surface area (Å²) in [7, 11) is 0. The number of aliphatic hydroxyl groups is 3. The molecule has 0 aromatic carbocycles. The number of ketones is 1. The summed E-state index contributed by atoms with van der Waals surface area (Å²) in [5, 5.41) is 32.8. The van der Waals surface area contributed by atoms with E-state index in [1.165, 1.54) is 0 Å². The van der Waals surface area contributed by atoms with Crippen molar-refractivity contribution >= 4 is 5.78 Å². The third-order valence-electron chi connectivity index (χ3n) is 8.43. The van der Waals surface area contributed by atoms with E-state index in [9.17, 15) is 20.1 Å². The Morgan fingerprint density at radius 1 is 1.28 bits per heavy atom. The number of allylic oxidation sites excluding steroid dienone is 1. The fourth-order valence-electron chi connectivity index (χ4n) is 6.69. The van der Waals surface area contributed by atoms with Crippen LogP contribution in [0.3, 0.4) is 0 Å². The van der Waals surface area contributed by atoms with Crippen molar-refractivity contribution in [3.05, 3.63) is 23.3 Å². The number of rotatable bonds is 1. The van der Waals surface area contributed by atoms with E-state index >= 15 is 0 Å². The van der Waals surface area contributed by atoms with Crippen LogP contribution in [0.25, 0.3) is 0 Å². The molecule has 0 aromatic rings. The van der Waals surface area contributed by atoms with E-state index in [4.69, 9.17) is 0 Å². The Morgan fingerprint density at radius 3 is 2.52 bits per heavy atom. The van der Waals surface area contributed by atoms with Gasteiger partial charge in [0.1, 0.15) is 11.7 Å². The van der Waals surface area contributed by atoms with Crippen molar-refractivity contribution in [2.75, 3.05) is 6.61 Å². The fourth-order valence-corrected chi connectivity index (χ4v) is 6.69. The maximum atomic E-state index is 13.8. The molecule has 4 aliphatic rings. The molecule has 8 atom stereocenters. The van der Waals surface area contributed by atoms with E-state index in [0.29, 0.717) is 11.5 Å². The van der Waals surface area contributed by atoms with Gasteiger partial charge < -0.3 is 15.3 Å². The average molecular weight is 346 g/mol. The van der Waals surface area contributed by atoms with Crippen LogP contribution in [-0.2, 0) is 4.79 Å². The summed E-state index contributed by atoms with van der Waals surface area (Å²) < 4.78 is 0. The molecular weight excluding hydrogens is 316 g/mol. The number of aliphatic hydroxyl groups excluding tert-OH is 2. The summed E-state index contributed by atoms with van der Waals surface area (Å²) in [6.07, 6.45) is 3.39. The molecule has 25 heavy (non-hydrogen) atoms. The minimum Gasteiger partial charge on any atom is -0.392 e. The van der Waals surface area contributed by atoms with Gasteiger partial charge in [0.2, 0.25) is 0 Å². The van der Waals surface area contributed by atoms with Gasteiger partial charge in [-0.15, -0.1) is 0 Å². The van der Waals surface area contributed by atoms with Crippen LogP contribution >= 0.6 is 0 Å². The van der Waals surface area contributed by atoms with Gasteiger partial charge in [0.25, 0.3) is 0 Å². The predicted molar refractivity (Wildman–Crippen MR) is 94.5 cm³/mol. The average Bonchev–Trinajstić information content (AvgIpc) is 3.05. The molecule has 138 valence electrons. The highest BCUT2D eigenvalue weighted by atomic mass is 16.3. The largest absolute Gasteiger partial charge is 0.392 e. The van der Waals surface area contributed by atoms with Gasteiger partial charge in [0.15, 0.2) is 5.78 Å². The summed E-state index contributed by atoms with van der Waals surface area (Å²) in [6, 6.07) is 0. The molecule has 0 aromatic heterocycles. The predicted octanol–water partition coefficient (Wildman–Crippen LogP) is 2.09. The molecule has 0 aliphatic heterocycles. The summed E-state index contributed by atoms with van der Waals surface area (Å²) in [6.45, 7) is 9.95.